The van der Waals surface area contributed by atoms with Crippen LogP contribution >= 0.6 is 0 Å². The molecule has 0 bridgehead atoms. The molecule has 4 heteroatoms. The minimum Gasteiger partial charge on any atom is -0.307 e. The smallest absolute Gasteiger partial charge is 0.307 e. The van der Waals surface area contributed by atoms with Crippen LogP contribution in [-0.4, -0.2) is 26.7 Å². The van der Waals surface area contributed by atoms with E-state index in [4.69, 9.17) is 0 Å². The highest BCUT2D eigenvalue weighted by Crippen LogP contribution is 2.09. The summed E-state index contributed by atoms with van der Waals surface area (Å²) in [6.45, 7) is 13.7. The van der Waals surface area contributed by atoms with E-state index < -0.39 is 8.56 Å². The van der Waals surface area contributed by atoms with E-state index in [-0.39, 0.29) is 0 Å². The van der Waals surface area contributed by atoms with Crippen LogP contribution in [0.3, 0.4) is 0 Å². The predicted molar refractivity (Wildman–Crippen MR) is 114 cm³/mol. The number of hydrogen-bond donors (Lipinski definition) is 3. The van der Waals surface area contributed by atoms with Crippen LogP contribution in [0, 0.1) is 0 Å². The molecule has 0 aliphatic carbocycles. The second-order valence-corrected chi connectivity index (χ2v) is 10.0. The van der Waals surface area contributed by atoms with Crippen molar-refractivity contribution in [2.75, 3.05) is 0 Å². The van der Waals surface area contributed by atoms with Gasteiger partial charge in [0.2, 0.25) is 0 Å². The Labute approximate surface area is 157 Å². The summed E-state index contributed by atoms with van der Waals surface area (Å²) in [6.07, 6.45) is 6.96. The van der Waals surface area contributed by atoms with Gasteiger partial charge >= 0.3 is 8.56 Å². The Bertz CT molecular complexity index is 404. The molecule has 1 aromatic carbocycles. The summed E-state index contributed by atoms with van der Waals surface area (Å²) >= 11 is 0. The van der Waals surface area contributed by atoms with Crippen LogP contribution < -0.4 is 20.1 Å². The van der Waals surface area contributed by atoms with Gasteiger partial charge in [-0.15, -0.1) is 0 Å². The summed E-state index contributed by atoms with van der Waals surface area (Å²) in [6, 6.07) is 12.7. The highest BCUT2D eigenvalue weighted by molar-refractivity contribution is 6.85. The van der Waals surface area contributed by atoms with E-state index in [1.165, 1.54) is 5.19 Å². The molecule has 1 rings (SSSR count). The van der Waals surface area contributed by atoms with E-state index in [2.05, 4.69) is 86.8 Å². The zero-order valence-electron chi connectivity index (χ0n) is 17.4. The molecule has 0 radical (unpaired) electrons. The summed E-state index contributed by atoms with van der Waals surface area (Å²) < 4.78 is 0. The fourth-order valence-electron chi connectivity index (χ4n) is 3.46. The summed E-state index contributed by atoms with van der Waals surface area (Å²) in [5, 5.41) is 1.42. The first-order chi connectivity index (χ1) is 12.1. The van der Waals surface area contributed by atoms with E-state index in [1.54, 1.807) is 0 Å². The Morgan fingerprint density at radius 3 is 1.20 bits per heavy atom. The molecule has 0 aromatic heterocycles. The molecular formula is C21H41N3Si. The zero-order valence-corrected chi connectivity index (χ0v) is 18.4. The molecule has 1 aromatic rings. The first-order valence-electron chi connectivity index (χ1n) is 10.5. The topological polar surface area (TPSA) is 36.1 Å². The molecular weight excluding hydrogens is 322 g/mol. The number of benzene rings is 1. The van der Waals surface area contributed by atoms with E-state index in [1.807, 2.05) is 0 Å². The average molecular weight is 364 g/mol. The first-order valence-corrected chi connectivity index (χ1v) is 12.5. The van der Waals surface area contributed by atoms with Crippen LogP contribution in [0.2, 0.25) is 0 Å². The number of rotatable bonds is 13. The van der Waals surface area contributed by atoms with Gasteiger partial charge in [0, 0.05) is 18.1 Å². The third kappa shape index (κ3) is 6.52. The molecule has 0 atom stereocenters. The highest BCUT2D eigenvalue weighted by atomic mass is 28.4. The van der Waals surface area contributed by atoms with Crippen molar-refractivity contribution in [1.29, 1.82) is 0 Å². The van der Waals surface area contributed by atoms with Crippen molar-refractivity contribution in [2.24, 2.45) is 0 Å². The Kier molecular flexibility index (Phi) is 10.6. The molecule has 3 N–H and O–H groups in total. The Morgan fingerprint density at radius 1 is 0.600 bits per heavy atom. The zero-order chi connectivity index (χ0) is 18.7. The molecule has 0 spiro atoms. The molecule has 0 saturated heterocycles. The summed E-state index contributed by atoms with van der Waals surface area (Å²) in [5.74, 6) is 0. The van der Waals surface area contributed by atoms with E-state index >= 15 is 0 Å². The van der Waals surface area contributed by atoms with Crippen LogP contribution in [0.5, 0.6) is 0 Å². The van der Waals surface area contributed by atoms with Crippen molar-refractivity contribution in [3.8, 4) is 0 Å². The van der Waals surface area contributed by atoms with Gasteiger partial charge in [0.15, 0.2) is 0 Å². The van der Waals surface area contributed by atoms with Crippen molar-refractivity contribution in [2.45, 2.75) is 98.2 Å². The van der Waals surface area contributed by atoms with Gasteiger partial charge in [-0.2, -0.15) is 0 Å². The second kappa shape index (κ2) is 11.8. The molecule has 25 heavy (non-hydrogen) atoms. The monoisotopic (exact) mass is 363 g/mol. The Balaban J connectivity index is 3.33. The van der Waals surface area contributed by atoms with Gasteiger partial charge in [-0.3, -0.25) is 0 Å². The molecule has 3 nitrogen and oxygen atoms in total. The summed E-state index contributed by atoms with van der Waals surface area (Å²) in [7, 11) is -2.24. The minimum absolute atomic E-state index is 0.538. The average Bonchev–Trinajstić information content (AvgIpc) is 2.68. The molecule has 0 saturated carbocycles. The predicted octanol–water partition coefficient (Wildman–Crippen LogP) is 4.17. The largest absolute Gasteiger partial charge is 0.315 e. The lowest BCUT2D eigenvalue weighted by Gasteiger charge is -2.42. The third-order valence-corrected chi connectivity index (χ3v) is 9.15. The highest BCUT2D eigenvalue weighted by Gasteiger charge is 2.40. The van der Waals surface area contributed by atoms with Crippen LogP contribution in [0.1, 0.15) is 80.1 Å². The normalized spacial score (nSPS) is 12.5. The van der Waals surface area contributed by atoms with Crippen molar-refractivity contribution < 1.29 is 0 Å². The Hall–Kier alpha value is -0.683. The maximum Gasteiger partial charge on any atom is 0.315 e. The van der Waals surface area contributed by atoms with E-state index in [0.29, 0.717) is 18.1 Å². The van der Waals surface area contributed by atoms with Crippen molar-refractivity contribution in [1.82, 2.24) is 14.9 Å². The lowest BCUT2D eigenvalue weighted by atomic mass is 10.2. The standard InChI is InChI=1S/C21H41N3Si/c1-7-18(8-2)22-25(23-19(9-3)10-4,24-20(11-5)12-6)21-16-14-13-15-17-21/h13-20,22-24H,7-12H2,1-6H3. The fourth-order valence-corrected chi connectivity index (χ4v) is 7.96. The molecule has 0 heterocycles. The summed E-state index contributed by atoms with van der Waals surface area (Å²) in [5.41, 5.74) is 0. The second-order valence-electron chi connectivity index (χ2n) is 7.09. The minimum atomic E-state index is -2.24. The first kappa shape index (κ1) is 22.4. The fraction of sp³-hybridized carbons (Fsp3) is 0.714. The molecule has 0 aliphatic heterocycles. The molecule has 0 aliphatic rings. The third-order valence-electron chi connectivity index (χ3n) is 5.43. The SMILES string of the molecule is CCC(CC)N[Si](NC(CC)CC)(NC(CC)CC)c1ccccc1. The van der Waals surface area contributed by atoms with Gasteiger partial charge < -0.3 is 14.9 Å². The van der Waals surface area contributed by atoms with Gasteiger partial charge in [-0.25, -0.2) is 0 Å². The molecule has 0 fully saturated rings. The lowest BCUT2D eigenvalue weighted by molar-refractivity contribution is 0.489. The van der Waals surface area contributed by atoms with Crippen molar-refractivity contribution in [3.05, 3.63) is 30.3 Å². The lowest BCUT2D eigenvalue weighted by Crippen LogP contribution is -2.83. The van der Waals surface area contributed by atoms with Gasteiger partial charge in [0.05, 0.1) is 0 Å². The van der Waals surface area contributed by atoms with E-state index in [0.717, 1.165) is 38.5 Å². The van der Waals surface area contributed by atoms with Crippen LogP contribution in [0.15, 0.2) is 30.3 Å². The summed E-state index contributed by atoms with van der Waals surface area (Å²) in [4.78, 5) is 12.3. The maximum absolute atomic E-state index is 4.10. The van der Waals surface area contributed by atoms with Gasteiger partial charge in [-0.1, -0.05) is 71.9 Å². The van der Waals surface area contributed by atoms with Gasteiger partial charge in [0.1, 0.15) is 0 Å². The van der Waals surface area contributed by atoms with E-state index in [9.17, 15) is 0 Å². The van der Waals surface area contributed by atoms with Crippen LogP contribution in [0.25, 0.3) is 0 Å². The van der Waals surface area contributed by atoms with Crippen molar-refractivity contribution in [3.63, 3.8) is 0 Å². The van der Waals surface area contributed by atoms with Crippen LogP contribution in [0.4, 0.5) is 0 Å². The molecule has 144 valence electrons. The van der Waals surface area contributed by atoms with Gasteiger partial charge in [-0.05, 0) is 43.7 Å². The van der Waals surface area contributed by atoms with Crippen LogP contribution in [-0.2, 0) is 0 Å². The Morgan fingerprint density at radius 2 is 0.920 bits per heavy atom. The molecule has 0 amide bonds. The maximum atomic E-state index is 4.10. The quantitative estimate of drug-likeness (QED) is 0.460. The number of nitrogens with one attached hydrogen (secondary N) is 3. The van der Waals surface area contributed by atoms with Gasteiger partial charge in [0.25, 0.3) is 0 Å². The molecule has 0 unspecified atom stereocenters. The van der Waals surface area contributed by atoms with Crippen molar-refractivity contribution >= 4 is 13.7 Å². The number of hydrogen-bond acceptors (Lipinski definition) is 3.